The fraction of sp³-hybridized carbons (Fsp3) is 0.333. The third-order valence-corrected chi connectivity index (χ3v) is 5.34. The Kier molecular flexibility index (Phi) is 4.49. The number of fused-ring (bicyclic) bond motifs is 2. The van der Waals surface area contributed by atoms with Gasteiger partial charge < -0.3 is 4.90 Å². The molecule has 6 nitrogen and oxygen atoms in total. The second-order valence-electron chi connectivity index (χ2n) is 7.16. The predicted molar refractivity (Wildman–Crippen MR) is 94.3 cm³/mol. The van der Waals surface area contributed by atoms with Gasteiger partial charge in [-0.2, -0.15) is 13.2 Å². The smallest absolute Gasteiger partial charge is 0.328 e. The molecule has 30 heavy (non-hydrogen) atoms. The molecule has 12 heteroatoms. The molecule has 1 atom stereocenters. The van der Waals surface area contributed by atoms with E-state index in [1.165, 1.54) is 12.4 Å². The summed E-state index contributed by atoms with van der Waals surface area (Å²) in [6.45, 7) is -1.18. The zero-order chi connectivity index (χ0) is 21.9. The van der Waals surface area contributed by atoms with Gasteiger partial charge in [-0.1, -0.05) is 11.6 Å². The number of aromatic nitrogens is 2. The lowest BCUT2D eigenvalue weighted by Gasteiger charge is -2.34. The summed E-state index contributed by atoms with van der Waals surface area (Å²) in [5.41, 5.74) is -3.68. The minimum atomic E-state index is -4.74. The summed E-state index contributed by atoms with van der Waals surface area (Å²) in [6, 6.07) is 2.15. The van der Waals surface area contributed by atoms with E-state index in [4.69, 9.17) is 11.6 Å². The molecule has 2 heterocycles. The first-order valence-electron chi connectivity index (χ1n) is 8.59. The van der Waals surface area contributed by atoms with Crippen LogP contribution in [-0.2, 0) is 16.4 Å². The van der Waals surface area contributed by atoms with Crippen molar-refractivity contribution in [1.29, 1.82) is 0 Å². The van der Waals surface area contributed by atoms with Crippen LogP contribution in [0.3, 0.4) is 0 Å². The number of anilines is 1. The summed E-state index contributed by atoms with van der Waals surface area (Å²) in [7, 11) is 0. The standard InChI is InChI=1S/C18H12ClF5N4O2/c19-10-4-25-15(26-5-10)27-13(29)6-28-8-16(7-17(16,20)21)12-3-9(18(22,23)24)1-2-11(12)14(28)30/h1-5H,6-8H2,(H,25,26,27,29)/t16-/m0/s1. The largest absolute Gasteiger partial charge is 0.416 e. The molecule has 1 aliphatic heterocycles. The number of alkyl halides is 5. The van der Waals surface area contributed by atoms with Gasteiger partial charge in [0.1, 0.15) is 6.54 Å². The summed E-state index contributed by atoms with van der Waals surface area (Å²) in [6.07, 6.45) is -2.99. The van der Waals surface area contributed by atoms with Crippen LogP contribution in [0.15, 0.2) is 30.6 Å². The van der Waals surface area contributed by atoms with Crippen LogP contribution >= 0.6 is 11.6 Å². The Hall–Kier alpha value is -2.82. The fourth-order valence-corrected chi connectivity index (χ4v) is 3.69. The topological polar surface area (TPSA) is 75.2 Å². The summed E-state index contributed by atoms with van der Waals surface area (Å²) in [5, 5.41) is 2.54. The van der Waals surface area contributed by atoms with Crippen LogP contribution in [-0.4, -0.2) is 45.7 Å². The second kappa shape index (κ2) is 6.59. The van der Waals surface area contributed by atoms with E-state index >= 15 is 0 Å². The van der Waals surface area contributed by atoms with E-state index in [1.807, 2.05) is 0 Å². The van der Waals surface area contributed by atoms with E-state index in [1.54, 1.807) is 0 Å². The average molecular weight is 447 g/mol. The fourth-order valence-electron chi connectivity index (χ4n) is 3.60. The molecule has 1 aromatic heterocycles. The van der Waals surface area contributed by atoms with E-state index < -0.39 is 54.4 Å². The Morgan fingerprint density at radius 1 is 1.23 bits per heavy atom. The molecule has 0 bridgehead atoms. The summed E-state index contributed by atoms with van der Waals surface area (Å²) in [5.74, 6) is -4.95. The van der Waals surface area contributed by atoms with Gasteiger partial charge in [-0.25, -0.2) is 18.7 Å². The molecule has 158 valence electrons. The van der Waals surface area contributed by atoms with Crippen LogP contribution in [0.4, 0.5) is 27.9 Å². The van der Waals surface area contributed by atoms with Crippen molar-refractivity contribution in [1.82, 2.24) is 14.9 Å². The van der Waals surface area contributed by atoms with Crippen LogP contribution < -0.4 is 5.32 Å². The van der Waals surface area contributed by atoms with Crippen molar-refractivity contribution in [2.75, 3.05) is 18.4 Å². The molecule has 2 aliphatic rings. The van der Waals surface area contributed by atoms with Crippen molar-refractivity contribution >= 4 is 29.4 Å². The maximum Gasteiger partial charge on any atom is 0.416 e. The first kappa shape index (κ1) is 20.5. The maximum absolute atomic E-state index is 14.2. The summed E-state index contributed by atoms with van der Waals surface area (Å²) in [4.78, 5) is 33.4. The quantitative estimate of drug-likeness (QED) is 0.732. The number of rotatable bonds is 3. The molecule has 0 saturated heterocycles. The van der Waals surface area contributed by atoms with Crippen molar-refractivity contribution in [3.05, 3.63) is 52.3 Å². The minimum Gasteiger partial charge on any atom is -0.328 e. The van der Waals surface area contributed by atoms with Crippen LogP contribution in [0.25, 0.3) is 0 Å². The normalized spacial score (nSPS) is 22.1. The number of hydrogen-bond donors (Lipinski definition) is 1. The molecule has 1 N–H and O–H groups in total. The van der Waals surface area contributed by atoms with Crippen molar-refractivity contribution in [2.24, 2.45) is 0 Å². The third-order valence-electron chi connectivity index (χ3n) is 5.15. The molecule has 2 aromatic rings. The predicted octanol–water partition coefficient (Wildman–Crippen LogP) is 3.52. The first-order chi connectivity index (χ1) is 13.9. The van der Waals surface area contributed by atoms with Crippen molar-refractivity contribution in [3.8, 4) is 0 Å². The SMILES string of the molecule is O=C(CN1C[C@@]2(CC2(F)F)c2cc(C(F)(F)F)ccc2C1=O)Nc1ncc(Cl)cn1. The highest BCUT2D eigenvalue weighted by Crippen LogP contribution is 2.64. The Balaban J connectivity index is 1.61. The molecule has 0 radical (unpaired) electrons. The first-order valence-corrected chi connectivity index (χ1v) is 8.97. The van der Waals surface area contributed by atoms with Gasteiger partial charge in [0.05, 0.1) is 28.4 Å². The number of nitrogens with zero attached hydrogens (tertiary/aromatic N) is 3. The Morgan fingerprint density at radius 2 is 1.87 bits per heavy atom. The van der Waals surface area contributed by atoms with Gasteiger partial charge in [0.2, 0.25) is 11.9 Å². The van der Waals surface area contributed by atoms with Crippen molar-refractivity contribution < 1.29 is 31.5 Å². The van der Waals surface area contributed by atoms with E-state index in [2.05, 4.69) is 15.3 Å². The molecule has 1 spiro atoms. The van der Waals surface area contributed by atoms with Crippen molar-refractivity contribution in [2.45, 2.75) is 23.9 Å². The molecular weight excluding hydrogens is 435 g/mol. The Morgan fingerprint density at radius 3 is 2.43 bits per heavy atom. The van der Waals surface area contributed by atoms with Gasteiger partial charge in [0, 0.05) is 18.5 Å². The number of halogens is 6. The number of benzene rings is 1. The molecule has 2 amide bonds. The van der Waals surface area contributed by atoms with Crippen molar-refractivity contribution in [3.63, 3.8) is 0 Å². The lowest BCUT2D eigenvalue weighted by Crippen LogP contribution is -2.48. The van der Waals surface area contributed by atoms with Crippen LogP contribution in [0.2, 0.25) is 5.02 Å². The lowest BCUT2D eigenvalue weighted by atomic mass is 9.84. The lowest BCUT2D eigenvalue weighted by molar-refractivity contribution is -0.137. The monoisotopic (exact) mass is 446 g/mol. The highest BCUT2D eigenvalue weighted by atomic mass is 35.5. The van der Waals surface area contributed by atoms with Crippen LogP contribution in [0, 0.1) is 0 Å². The van der Waals surface area contributed by atoms with Gasteiger partial charge in [0.15, 0.2) is 0 Å². The number of hydrogen-bond acceptors (Lipinski definition) is 4. The van der Waals surface area contributed by atoms with Gasteiger partial charge >= 0.3 is 6.18 Å². The van der Waals surface area contributed by atoms with E-state index in [-0.39, 0.29) is 22.1 Å². The number of carbonyl (C=O) groups is 2. The van der Waals surface area contributed by atoms with Gasteiger partial charge in [0.25, 0.3) is 11.8 Å². The molecule has 1 saturated carbocycles. The van der Waals surface area contributed by atoms with Crippen LogP contribution in [0.1, 0.15) is 27.9 Å². The van der Waals surface area contributed by atoms with Gasteiger partial charge in [-0.3, -0.25) is 14.9 Å². The molecule has 1 aromatic carbocycles. The molecule has 0 unspecified atom stereocenters. The summed E-state index contributed by atoms with van der Waals surface area (Å²) >= 11 is 5.64. The maximum atomic E-state index is 14.2. The average Bonchev–Trinajstić information content (AvgIpc) is 3.21. The van der Waals surface area contributed by atoms with E-state index in [0.717, 1.165) is 11.0 Å². The van der Waals surface area contributed by atoms with Gasteiger partial charge in [-0.15, -0.1) is 0 Å². The third kappa shape index (κ3) is 3.36. The molecule has 1 aliphatic carbocycles. The zero-order valence-corrected chi connectivity index (χ0v) is 15.7. The zero-order valence-electron chi connectivity index (χ0n) is 14.9. The molecule has 4 rings (SSSR count). The highest BCUT2D eigenvalue weighted by molar-refractivity contribution is 6.30. The highest BCUT2D eigenvalue weighted by Gasteiger charge is 2.74. The molecule has 1 fully saturated rings. The Labute approximate surface area is 171 Å². The van der Waals surface area contributed by atoms with Crippen LogP contribution in [0.5, 0.6) is 0 Å². The summed E-state index contributed by atoms with van der Waals surface area (Å²) < 4.78 is 67.6. The van der Waals surface area contributed by atoms with Gasteiger partial charge in [-0.05, 0) is 23.8 Å². The number of carbonyl (C=O) groups excluding carboxylic acids is 2. The molecular formula is C18H12ClF5N4O2. The number of amides is 2. The van der Waals surface area contributed by atoms with E-state index in [0.29, 0.717) is 12.1 Å². The Bertz CT molecular complexity index is 1040. The second-order valence-corrected chi connectivity index (χ2v) is 7.59. The minimum absolute atomic E-state index is 0.101. The van der Waals surface area contributed by atoms with E-state index in [9.17, 15) is 31.5 Å². The number of nitrogens with one attached hydrogen (secondary N) is 1.